The van der Waals surface area contributed by atoms with Gasteiger partial charge in [-0.2, -0.15) is 0 Å². The van der Waals surface area contributed by atoms with Gasteiger partial charge in [-0.1, -0.05) is 12.1 Å². The van der Waals surface area contributed by atoms with Crippen molar-refractivity contribution in [2.24, 2.45) is 5.11 Å². The van der Waals surface area contributed by atoms with Crippen LogP contribution in [-0.4, -0.2) is 9.97 Å². The number of hydrogen-bond acceptors (Lipinski definition) is 2. The summed E-state index contributed by atoms with van der Waals surface area (Å²) in [5.74, 6) is 0.312. The molecule has 0 saturated heterocycles. The molecule has 2 aromatic rings. The molecule has 0 atom stereocenters. The lowest BCUT2D eigenvalue weighted by Crippen LogP contribution is -1.73. The summed E-state index contributed by atoms with van der Waals surface area (Å²) in [6.07, 6.45) is 0. The van der Waals surface area contributed by atoms with Gasteiger partial charge in [0.05, 0.1) is 11.0 Å². The molecule has 1 aromatic carbocycles. The number of aromatic nitrogens is 2. The first kappa shape index (κ1) is 7.64. The van der Waals surface area contributed by atoms with Crippen molar-refractivity contribution in [3.05, 3.63) is 34.2 Å². The van der Waals surface area contributed by atoms with Crippen LogP contribution in [0.15, 0.2) is 23.3 Å². The number of hydrogen-bond donors (Lipinski definition) is 1. The van der Waals surface area contributed by atoms with Crippen LogP contribution in [0.1, 0.15) is 5.56 Å². The highest BCUT2D eigenvalue weighted by Gasteiger charge is 2.01. The molecule has 0 spiro atoms. The molecule has 0 saturated carbocycles. The molecule has 1 N–H and O–H groups in total. The van der Waals surface area contributed by atoms with Crippen molar-refractivity contribution in [1.29, 1.82) is 0 Å². The van der Waals surface area contributed by atoms with Gasteiger partial charge in [0.15, 0.2) is 5.95 Å². The largest absolute Gasteiger partial charge is 0.337 e. The SMILES string of the molecule is Cc1cccc2[nH]c(N=[N+]=[N-])nc12. The van der Waals surface area contributed by atoms with Gasteiger partial charge in [0.2, 0.25) is 0 Å². The molecule has 5 nitrogen and oxygen atoms in total. The Morgan fingerprint density at radius 2 is 2.38 bits per heavy atom. The number of aryl methyl sites for hydroxylation is 1. The summed E-state index contributed by atoms with van der Waals surface area (Å²) in [7, 11) is 0. The lowest BCUT2D eigenvalue weighted by atomic mass is 10.2. The molecule has 0 unspecified atom stereocenters. The molecule has 1 aromatic heterocycles. The highest BCUT2D eigenvalue weighted by Crippen LogP contribution is 2.18. The Bertz CT molecular complexity index is 492. The number of rotatable bonds is 1. The smallest absolute Gasteiger partial charge is 0.195 e. The van der Waals surface area contributed by atoms with Crippen molar-refractivity contribution in [3.63, 3.8) is 0 Å². The van der Waals surface area contributed by atoms with Crippen molar-refractivity contribution < 1.29 is 0 Å². The average molecular weight is 173 g/mol. The minimum atomic E-state index is 0.312. The van der Waals surface area contributed by atoms with E-state index in [1.165, 1.54) is 0 Å². The van der Waals surface area contributed by atoms with Crippen LogP contribution in [0.5, 0.6) is 0 Å². The van der Waals surface area contributed by atoms with Gasteiger partial charge in [-0.25, -0.2) is 4.98 Å². The molecule has 5 heteroatoms. The first-order valence-electron chi connectivity index (χ1n) is 3.81. The summed E-state index contributed by atoms with van der Waals surface area (Å²) in [5.41, 5.74) is 11.0. The summed E-state index contributed by atoms with van der Waals surface area (Å²) < 4.78 is 0. The van der Waals surface area contributed by atoms with Gasteiger partial charge in [-0.3, -0.25) is 0 Å². The van der Waals surface area contributed by atoms with Crippen molar-refractivity contribution in [3.8, 4) is 0 Å². The number of azide groups is 1. The van der Waals surface area contributed by atoms with E-state index in [4.69, 9.17) is 5.53 Å². The molecule has 0 fully saturated rings. The summed E-state index contributed by atoms with van der Waals surface area (Å²) >= 11 is 0. The summed E-state index contributed by atoms with van der Waals surface area (Å²) in [6, 6.07) is 5.78. The monoisotopic (exact) mass is 173 g/mol. The van der Waals surface area contributed by atoms with E-state index in [9.17, 15) is 0 Å². The molecule has 0 amide bonds. The number of aromatic amines is 1. The highest BCUT2D eigenvalue weighted by molar-refractivity contribution is 5.80. The summed E-state index contributed by atoms with van der Waals surface area (Å²) in [4.78, 5) is 9.69. The van der Waals surface area contributed by atoms with E-state index in [2.05, 4.69) is 20.0 Å². The molecule has 0 radical (unpaired) electrons. The third-order valence-electron chi connectivity index (χ3n) is 1.84. The predicted octanol–water partition coefficient (Wildman–Crippen LogP) is 2.81. The van der Waals surface area contributed by atoms with Crippen molar-refractivity contribution in [2.75, 3.05) is 0 Å². The number of nitrogens with one attached hydrogen (secondary N) is 1. The maximum atomic E-state index is 8.21. The molecule has 0 aliphatic carbocycles. The zero-order valence-electron chi connectivity index (χ0n) is 7.02. The molecule has 13 heavy (non-hydrogen) atoms. The summed E-state index contributed by atoms with van der Waals surface area (Å²) in [6.45, 7) is 1.96. The van der Waals surface area contributed by atoms with Crippen LogP contribution in [0, 0.1) is 6.92 Å². The first-order chi connectivity index (χ1) is 6.31. The van der Waals surface area contributed by atoms with Crippen LogP contribution in [0.4, 0.5) is 5.95 Å². The molecule has 0 aliphatic rings. The van der Waals surface area contributed by atoms with Crippen LogP contribution in [0.2, 0.25) is 0 Å². The molecule has 2 rings (SSSR count). The second kappa shape index (κ2) is 2.80. The van der Waals surface area contributed by atoms with E-state index >= 15 is 0 Å². The van der Waals surface area contributed by atoms with E-state index in [0.29, 0.717) is 5.95 Å². The third kappa shape index (κ3) is 1.21. The number of nitrogens with zero attached hydrogens (tertiary/aromatic N) is 4. The topological polar surface area (TPSA) is 77.4 Å². The molecule has 64 valence electrons. The molecule has 1 heterocycles. The Kier molecular flexibility index (Phi) is 1.65. The second-order valence-electron chi connectivity index (χ2n) is 2.72. The van der Waals surface area contributed by atoms with Crippen molar-refractivity contribution >= 4 is 17.0 Å². The average Bonchev–Trinajstić information content (AvgIpc) is 2.49. The number of fused-ring (bicyclic) bond motifs is 1. The molecular formula is C8H7N5. The fraction of sp³-hybridized carbons (Fsp3) is 0.125. The summed E-state index contributed by atoms with van der Waals surface area (Å²) in [5, 5.41) is 3.40. The van der Waals surface area contributed by atoms with Crippen LogP contribution >= 0.6 is 0 Å². The maximum Gasteiger partial charge on any atom is 0.195 e. The minimum Gasteiger partial charge on any atom is -0.337 e. The standard InChI is InChI=1S/C8H7N5/c1-5-3-2-4-6-7(5)11-8(10-6)12-13-9/h2-4H,1H3,(H,10,11). The molecular weight excluding hydrogens is 166 g/mol. The maximum absolute atomic E-state index is 8.21. The van der Waals surface area contributed by atoms with E-state index in [1.54, 1.807) is 0 Å². The Hall–Kier alpha value is -2.00. The van der Waals surface area contributed by atoms with Crippen LogP contribution < -0.4 is 0 Å². The number of imidazole rings is 1. The predicted molar refractivity (Wildman–Crippen MR) is 49.6 cm³/mol. The van der Waals surface area contributed by atoms with E-state index in [1.807, 2.05) is 25.1 Å². The minimum absolute atomic E-state index is 0.312. The second-order valence-corrected chi connectivity index (χ2v) is 2.72. The zero-order valence-corrected chi connectivity index (χ0v) is 7.02. The van der Waals surface area contributed by atoms with Gasteiger partial charge in [0, 0.05) is 4.91 Å². The Labute approximate surface area is 74.0 Å². The van der Waals surface area contributed by atoms with Gasteiger partial charge in [0.25, 0.3) is 0 Å². The van der Waals surface area contributed by atoms with E-state index < -0.39 is 0 Å². The lowest BCUT2D eigenvalue weighted by molar-refractivity contribution is 1.24. The van der Waals surface area contributed by atoms with E-state index in [-0.39, 0.29) is 0 Å². The quantitative estimate of drug-likeness (QED) is 0.401. The van der Waals surface area contributed by atoms with Crippen LogP contribution in [-0.2, 0) is 0 Å². The number of H-pyrrole nitrogens is 1. The van der Waals surface area contributed by atoms with Crippen LogP contribution in [0.25, 0.3) is 21.5 Å². The Morgan fingerprint density at radius 3 is 3.08 bits per heavy atom. The van der Waals surface area contributed by atoms with Crippen LogP contribution in [0.3, 0.4) is 0 Å². The van der Waals surface area contributed by atoms with E-state index in [0.717, 1.165) is 16.6 Å². The Balaban J connectivity index is 2.75. The Morgan fingerprint density at radius 1 is 1.54 bits per heavy atom. The van der Waals surface area contributed by atoms with Gasteiger partial charge < -0.3 is 4.98 Å². The van der Waals surface area contributed by atoms with Gasteiger partial charge in [-0.05, 0) is 29.2 Å². The fourth-order valence-corrected chi connectivity index (χ4v) is 1.25. The zero-order chi connectivity index (χ0) is 9.26. The lowest BCUT2D eigenvalue weighted by Gasteiger charge is -1.90. The van der Waals surface area contributed by atoms with Gasteiger partial charge >= 0.3 is 0 Å². The molecule has 0 bridgehead atoms. The van der Waals surface area contributed by atoms with Crippen molar-refractivity contribution in [2.45, 2.75) is 6.92 Å². The van der Waals surface area contributed by atoms with Gasteiger partial charge in [-0.15, -0.1) is 0 Å². The number of para-hydroxylation sites is 1. The van der Waals surface area contributed by atoms with Gasteiger partial charge in [0.1, 0.15) is 0 Å². The number of benzene rings is 1. The van der Waals surface area contributed by atoms with Crippen molar-refractivity contribution in [1.82, 2.24) is 9.97 Å². The highest BCUT2D eigenvalue weighted by atomic mass is 15.2. The normalized spacial score (nSPS) is 9.92. The molecule has 0 aliphatic heterocycles. The third-order valence-corrected chi connectivity index (χ3v) is 1.84. The fourth-order valence-electron chi connectivity index (χ4n) is 1.25. The first-order valence-corrected chi connectivity index (χ1v) is 3.81.